The zero-order valence-electron chi connectivity index (χ0n) is 18.3. The Morgan fingerprint density at radius 3 is 2.47 bits per heavy atom. The Morgan fingerprint density at radius 1 is 1.06 bits per heavy atom. The number of carbonyl (C=O) groups is 1. The van der Waals surface area contributed by atoms with Crippen LogP contribution in [0.5, 0.6) is 5.75 Å². The van der Waals surface area contributed by atoms with Crippen LogP contribution in [0.15, 0.2) is 59.4 Å². The van der Waals surface area contributed by atoms with Gasteiger partial charge in [-0.2, -0.15) is 0 Å². The van der Waals surface area contributed by atoms with Gasteiger partial charge in [0, 0.05) is 25.5 Å². The van der Waals surface area contributed by atoms with Gasteiger partial charge in [0.1, 0.15) is 10.3 Å². The van der Waals surface area contributed by atoms with Crippen molar-refractivity contribution in [2.75, 3.05) is 20.2 Å². The molecule has 0 unspecified atom stereocenters. The van der Waals surface area contributed by atoms with Gasteiger partial charge in [0.05, 0.1) is 17.3 Å². The Morgan fingerprint density at radius 2 is 1.75 bits per heavy atom. The number of ether oxygens (including phenoxy) is 1. The first-order chi connectivity index (χ1) is 15.6. The number of piperidine rings is 1. The maximum absolute atomic E-state index is 13.5. The van der Waals surface area contributed by atoms with Crippen LogP contribution in [0.2, 0.25) is 0 Å². The van der Waals surface area contributed by atoms with E-state index < -0.39 is 0 Å². The molecule has 6 heteroatoms. The molecule has 3 heterocycles. The Balaban J connectivity index is 1.45. The van der Waals surface area contributed by atoms with Crippen LogP contribution >= 0.6 is 11.3 Å². The quantitative estimate of drug-likeness (QED) is 0.450. The fourth-order valence-corrected chi connectivity index (χ4v) is 6.07. The number of nitrogens with zero attached hydrogens (tertiary/aromatic N) is 2. The van der Waals surface area contributed by atoms with Gasteiger partial charge in [-0.1, -0.05) is 48.5 Å². The summed E-state index contributed by atoms with van der Waals surface area (Å²) in [4.78, 5) is 29.1. The Hall–Kier alpha value is -3.12. The van der Waals surface area contributed by atoms with Crippen molar-refractivity contribution >= 4 is 38.2 Å². The molecule has 5 rings (SSSR count). The van der Waals surface area contributed by atoms with Crippen molar-refractivity contribution in [3.63, 3.8) is 0 Å². The van der Waals surface area contributed by atoms with E-state index in [1.165, 1.54) is 16.9 Å². The van der Waals surface area contributed by atoms with Gasteiger partial charge in [-0.05, 0) is 36.8 Å². The summed E-state index contributed by atoms with van der Waals surface area (Å²) in [5, 5.41) is 1.47. The van der Waals surface area contributed by atoms with Crippen molar-refractivity contribution in [1.82, 2.24) is 9.47 Å². The molecule has 0 spiro atoms. The van der Waals surface area contributed by atoms with Crippen LogP contribution in [-0.2, 0) is 13.5 Å². The number of hydrogen-bond acceptors (Lipinski definition) is 4. The molecular formula is C26H26N2O3S. The standard InChI is InChI=1S/C26H26N2O3S/c1-27-20-11-7-6-10-19(20)23-21(25(27)29)22(31-2)24(32-23)26(30)28-14-12-18(13-15-28)16-17-8-4-3-5-9-17/h3-11,18H,12-16H2,1-2H3. The molecule has 1 fully saturated rings. The van der Waals surface area contributed by atoms with Crippen molar-refractivity contribution in [2.45, 2.75) is 19.3 Å². The van der Waals surface area contributed by atoms with E-state index in [-0.39, 0.29) is 11.5 Å². The van der Waals surface area contributed by atoms with Crippen molar-refractivity contribution in [1.29, 1.82) is 0 Å². The van der Waals surface area contributed by atoms with Gasteiger partial charge in [0.25, 0.3) is 11.5 Å². The molecule has 1 aliphatic rings. The summed E-state index contributed by atoms with van der Waals surface area (Å²) >= 11 is 1.38. The van der Waals surface area contributed by atoms with Crippen LogP contribution in [0.1, 0.15) is 28.1 Å². The van der Waals surface area contributed by atoms with Crippen LogP contribution < -0.4 is 10.3 Å². The van der Waals surface area contributed by atoms with Gasteiger partial charge in [-0.3, -0.25) is 9.59 Å². The second-order valence-electron chi connectivity index (χ2n) is 8.48. The molecule has 164 valence electrons. The van der Waals surface area contributed by atoms with Crippen LogP contribution in [0.25, 0.3) is 21.0 Å². The van der Waals surface area contributed by atoms with Gasteiger partial charge in [-0.25, -0.2) is 0 Å². The second kappa shape index (κ2) is 8.43. The van der Waals surface area contributed by atoms with E-state index in [4.69, 9.17) is 4.74 Å². The zero-order chi connectivity index (χ0) is 22.2. The maximum Gasteiger partial charge on any atom is 0.267 e. The van der Waals surface area contributed by atoms with E-state index in [0.29, 0.717) is 21.9 Å². The lowest BCUT2D eigenvalue weighted by atomic mass is 9.90. The number of pyridine rings is 1. The first kappa shape index (κ1) is 20.8. The third-order valence-corrected chi connectivity index (χ3v) is 7.75. The number of carbonyl (C=O) groups excluding carboxylic acids is 1. The minimum Gasteiger partial charge on any atom is -0.494 e. The molecule has 2 aromatic heterocycles. The van der Waals surface area contributed by atoms with E-state index in [2.05, 4.69) is 24.3 Å². The smallest absolute Gasteiger partial charge is 0.267 e. The number of rotatable bonds is 4. The number of aromatic nitrogens is 1. The molecule has 5 nitrogen and oxygen atoms in total. The number of fused-ring (bicyclic) bond motifs is 3. The molecule has 4 aromatic rings. The monoisotopic (exact) mass is 446 g/mol. The molecule has 1 saturated heterocycles. The highest BCUT2D eigenvalue weighted by atomic mass is 32.1. The number of aryl methyl sites for hydroxylation is 1. The van der Waals surface area contributed by atoms with E-state index in [1.807, 2.05) is 35.2 Å². The van der Waals surface area contributed by atoms with Crippen LogP contribution in [0, 0.1) is 5.92 Å². The predicted octanol–water partition coefficient (Wildman–Crippen LogP) is 4.86. The summed E-state index contributed by atoms with van der Waals surface area (Å²) in [6.45, 7) is 1.46. The van der Waals surface area contributed by atoms with E-state index in [0.717, 1.165) is 48.0 Å². The lowest BCUT2D eigenvalue weighted by Crippen LogP contribution is -2.38. The summed E-state index contributed by atoms with van der Waals surface area (Å²) in [5.74, 6) is 0.960. The summed E-state index contributed by atoms with van der Waals surface area (Å²) in [6.07, 6.45) is 3.02. The first-order valence-corrected chi connectivity index (χ1v) is 11.8. The summed E-state index contributed by atoms with van der Waals surface area (Å²) in [6, 6.07) is 18.3. The molecule has 0 radical (unpaired) electrons. The molecule has 0 N–H and O–H groups in total. The highest BCUT2D eigenvalue weighted by molar-refractivity contribution is 7.22. The number of thiophene rings is 1. The van der Waals surface area contributed by atoms with Gasteiger partial charge < -0.3 is 14.2 Å². The van der Waals surface area contributed by atoms with Crippen LogP contribution in [0.4, 0.5) is 0 Å². The van der Waals surface area contributed by atoms with Crippen LogP contribution in [0.3, 0.4) is 0 Å². The lowest BCUT2D eigenvalue weighted by molar-refractivity contribution is 0.0692. The third kappa shape index (κ3) is 3.48. The molecule has 32 heavy (non-hydrogen) atoms. The SMILES string of the molecule is COc1c(C(=O)N2CCC(Cc3ccccc3)CC2)sc2c1c(=O)n(C)c1ccccc21. The number of hydrogen-bond donors (Lipinski definition) is 0. The normalized spacial score (nSPS) is 14.9. The Labute approximate surface area is 190 Å². The van der Waals surface area contributed by atoms with Crippen molar-refractivity contribution in [3.8, 4) is 5.75 Å². The molecular weight excluding hydrogens is 420 g/mol. The molecule has 0 bridgehead atoms. The molecule has 1 amide bonds. The van der Waals surface area contributed by atoms with Crippen molar-refractivity contribution in [3.05, 3.63) is 75.4 Å². The number of benzene rings is 2. The minimum absolute atomic E-state index is 0.0349. The largest absolute Gasteiger partial charge is 0.494 e. The number of para-hydroxylation sites is 1. The maximum atomic E-state index is 13.5. The first-order valence-electron chi connectivity index (χ1n) is 11.0. The van der Waals surface area contributed by atoms with Crippen LogP contribution in [-0.4, -0.2) is 35.6 Å². The van der Waals surface area contributed by atoms with E-state index >= 15 is 0 Å². The minimum atomic E-state index is -0.132. The lowest BCUT2D eigenvalue weighted by Gasteiger charge is -2.32. The topological polar surface area (TPSA) is 51.5 Å². The predicted molar refractivity (Wildman–Crippen MR) is 130 cm³/mol. The molecule has 1 aliphatic heterocycles. The zero-order valence-corrected chi connectivity index (χ0v) is 19.2. The molecule has 2 aromatic carbocycles. The average molecular weight is 447 g/mol. The summed E-state index contributed by atoms with van der Waals surface area (Å²) in [5.41, 5.74) is 2.08. The third-order valence-electron chi connectivity index (χ3n) is 6.56. The van der Waals surface area contributed by atoms with Crippen molar-refractivity contribution < 1.29 is 9.53 Å². The fraction of sp³-hybridized carbons (Fsp3) is 0.308. The number of likely N-dealkylation sites (tertiary alicyclic amines) is 1. The van der Waals surface area contributed by atoms with E-state index in [1.54, 1.807) is 18.7 Å². The molecule has 0 atom stereocenters. The Kier molecular flexibility index (Phi) is 5.47. The second-order valence-corrected chi connectivity index (χ2v) is 9.50. The van der Waals surface area contributed by atoms with Gasteiger partial charge in [0.2, 0.25) is 0 Å². The fourth-order valence-electron chi connectivity index (χ4n) is 4.80. The van der Waals surface area contributed by atoms with E-state index in [9.17, 15) is 9.59 Å². The van der Waals surface area contributed by atoms with Gasteiger partial charge in [-0.15, -0.1) is 11.3 Å². The summed E-state index contributed by atoms with van der Waals surface area (Å²) in [7, 11) is 3.30. The highest BCUT2D eigenvalue weighted by Gasteiger charge is 2.30. The average Bonchev–Trinajstić information content (AvgIpc) is 3.23. The Bertz CT molecular complexity index is 1350. The van der Waals surface area contributed by atoms with Crippen molar-refractivity contribution in [2.24, 2.45) is 13.0 Å². The highest BCUT2D eigenvalue weighted by Crippen LogP contribution is 2.40. The molecule has 0 aliphatic carbocycles. The summed E-state index contributed by atoms with van der Waals surface area (Å²) < 4.78 is 8.10. The van der Waals surface area contributed by atoms with Gasteiger partial charge in [0.15, 0.2) is 5.75 Å². The number of amides is 1. The number of methoxy groups -OCH3 is 1. The van der Waals surface area contributed by atoms with Gasteiger partial charge >= 0.3 is 0 Å². The molecule has 0 saturated carbocycles.